The third-order valence-electron chi connectivity index (χ3n) is 4.28. The molecule has 0 radical (unpaired) electrons. The molecule has 0 bridgehead atoms. The average molecular weight is 474 g/mol. The minimum absolute atomic E-state index is 0.117. The number of rotatable bonds is 9. The van der Waals surface area contributed by atoms with Crippen LogP contribution in [-0.2, 0) is 21.9 Å². The van der Waals surface area contributed by atoms with Crippen LogP contribution >= 0.6 is 46.6 Å². The van der Waals surface area contributed by atoms with Gasteiger partial charge in [0.25, 0.3) is 0 Å². The van der Waals surface area contributed by atoms with Crippen LogP contribution in [0.25, 0.3) is 0 Å². The predicted molar refractivity (Wildman–Crippen MR) is 123 cm³/mol. The summed E-state index contributed by atoms with van der Waals surface area (Å²) in [6.07, 6.45) is 0. The van der Waals surface area contributed by atoms with Crippen LogP contribution in [0.2, 0.25) is 15.1 Å². The van der Waals surface area contributed by atoms with Crippen molar-refractivity contribution in [1.82, 2.24) is 10.2 Å². The number of hydrogen-bond acceptors (Lipinski definition) is 3. The molecule has 2 aromatic carbocycles. The first kappa shape index (κ1) is 23.9. The number of carbonyl (C=O) groups is 2. The average Bonchev–Trinajstić information content (AvgIpc) is 2.68. The zero-order valence-electron chi connectivity index (χ0n) is 16.3. The van der Waals surface area contributed by atoms with Crippen molar-refractivity contribution in [1.29, 1.82) is 0 Å². The molecule has 0 aromatic heterocycles. The van der Waals surface area contributed by atoms with Crippen LogP contribution in [0.3, 0.4) is 0 Å². The molecule has 2 aromatic rings. The summed E-state index contributed by atoms with van der Waals surface area (Å²) in [6.45, 7) is 4.42. The second-order valence-corrected chi connectivity index (χ2v) is 8.71. The lowest BCUT2D eigenvalue weighted by atomic mass is 10.1. The normalized spacial score (nSPS) is 11.8. The first-order chi connectivity index (χ1) is 13.8. The van der Waals surface area contributed by atoms with Crippen molar-refractivity contribution in [3.63, 3.8) is 0 Å². The van der Waals surface area contributed by atoms with Crippen LogP contribution in [0.5, 0.6) is 0 Å². The third-order valence-corrected chi connectivity index (χ3v) is 6.09. The predicted octanol–water partition coefficient (Wildman–Crippen LogP) is 5.43. The smallest absolute Gasteiger partial charge is 0.242 e. The lowest BCUT2D eigenvalue weighted by Crippen LogP contribution is -2.48. The zero-order chi connectivity index (χ0) is 21.4. The summed E-state index contributed by atoms with van der Waals surface area (Å²) in [6, 6.07) is 12.0. The van der Waals surface area contributed by atoms with Gasteiger partial charge in [-0.25, -0.2) is 0 Å². The van der Waals surface area contributed by atoms with E-state index in [1.165, 1.54) is 11.8 Å². The van der Waals surface area contributed by atoms with Crippen molar-refractivity contribution < 1.29 is 9.59 Å². The third kappa shape index (κ3) is 7.41. The van der Waals surface area contributed by atoms with Gasteiger partial charge in [0, 0.05) is 33.9 Å². The van der Waals surface area contributed by atoms with Gasteiger partial charge in [-0.1, -0.05) is 53.0 Å². The highest BCUT2D eigenvalue weighted by Crippen LogP contribution is 2.25. The standard InChI is InChI=1S/C21H23Cl3N2O2S/c1-3-25-21(28)14(2)26(11-15-4-7-17(22)8-5-15)20(27)13-29-12-16-6-9-18(23)10-19(16)24/h4-10,14H,3,11-13H2,1-2H3,(H,25,28). The summed E-state index contributed by atoms with van der Waals surface area (Å²) in [5.74, 6) is 0.511. The Morgan fingerprint density at radius 1 is 1.07 bits per heavy atom. The first-order valence-corrected chi connectivity index (χ1v) is 11.4. The highest BCUT2D eigenvalue weighted by Gasteiger charge is 2.25. The van der Waals surface area contributed by atoms with E-state index in [1.807, 2.05) is 25.1 Å². The molecule has 8 heteroatoms. The fraction of sp³-hybridized carbons (Fsp3) is 0.333. The Morgan fingerprint density at radius 2 is 1.72 bits per heavy atom. The first-order valence-electron chi connectivity index (χ1n) is 9.15. The summed E-state index contributed by atoms with van der Waals surface area (Å²) in [5, 5.41) is 4.55. The van der Waals surface area contributed by atoms with Gasteiger partial charge >= 0.3 is 0 Å². The summed E-state index contributed by atoms with van der Waals surface area (Å²) in [5.41, 5.74) is 1.82. The number of hydrogen-bond donors (Lipinski definition) is 1. The lowest BCUT2D eigenvalue weighted by molar-refractivity contribution is -0.138. The Labute approximate surface area is 190 Å². The molecule has 0 heterocycles. The van der Waals surface area contributed by atoms with Crippen molar-refractivity contribution in [2.45, 2.75) is 32.2 Å². The van der Waals surface area contributed by atoms with E-state index < -0.39 is 6.04 Å². The van der Waals surface area contributed by atoms with Crippen LogP contribution < -0.4 is 5.32 Å². The molecule has 156 valence electrons. The van der Waals surface area contributed by atoms with Crippen LogP contribution in [0.1, 0.15) is 25.0 Å². The molecule has 0 saturated heterocycles. The quantitative estimate of drug-likeness (QED) is 0.528. The largest absolute Gasteiger partial charge is 0.355 e. The van der Waals surface area contributed by atoms with Crippen molar-refractivity contribution in [2.24, 2.45) is 0 Å². The zero-order valence-corrected chi connectivity index (χ0v) is 19.3. The molecule has 1 unspecified atom stereocenters. The van der Waals surface area contributed by atoms with E-state index in [0.717, 1.165) is 11.1 Å². The Balaban J connectivity index is 2.06. The van der Waals surface area contributed by atoms with Crippen molar-refractivity contribution in [2.75, 3.05) is 12.3 Å². The molecule has 0 saturated carbocycles. The molecule has 2 amide bonds. The molecule has 0 aliphatic heterocycles. The molecule has 0 aliphatic carbocycles. The number of amides is 2. The van der Waals surface area contributed by atoms with Gasteiger partial charge in [0.2, 0.25) is 11.8 Å². The molecule has 0 fully saturated rings. The number of benzene rings is 2. The van der Waals surface area contributed by atoms with Gasteiger partial charge < -0.3 is 10.2 Å². The van der Waals surface area contributed by atoms with E-state index in [0.29, 0.717) is 33.9 Å². The molecule has 0 aliphatic rings. The molecule has 2 rings (SSSR count). The van der Waals surface area contributed by atoms with Crippen LogP contribution in [0, 0.1) is 0 Å². The molecular weight excluding hydrogens is 451 g/mol. The summed E-state index contributed by atoms with van der Waals surface area (Å²) >= 11 is 19.5. The SMILES string of the molecule is CCNC(=O)C(C)N(Cc1ccc(Cl)cc1)C(=O)CSCc1ccc(Cl)cc1Cl. The minimum atomic E-state index is -0.585. The monoisotopic (exact) mass is 472 g/mol. The molecule has 4 nitrogen and oxygen atoms in total. The Bertz CT molecular complexity index is 846. The minimum Gasteiger partial charge on any atom is -0.355 e. The lowest BCUT2D eigenvalue weighted by Gasteiger charge is -2.28. The van der Waals surface area contributed by atoms with Crippen molar-refractivity contribution in [3.05, 3.63) is 68.7 Å². The fourth-order valence-corrected chi connectivity index (χ4v) is 4.26. The Hall–Kier alpha value is -1.40. The second-order valence-electron chi connectivity index (χ2n) is 6.45. The van der Waals surface area contributed by atoms with Crippen LogP contribution in [-0.4, -0.2) is 35.1 Å². The molecule has 0 spiro atoms. The summed E-state index contributed by atoms with van der Waals surface area (Å²) in [7, 11) is 0. The number of nitrogens with zero attached hydrogens (tertiary/aromatic N) is 1. The molecular formula is C21H23Cl3N2O2S. The van der Waals surface area contributed by atoms with E-state index in [-0.39, 0.29) is 17.6 Å². The molecule has 29 heavy (non-hydrogen) atoms. The number of thioether (sulfide) groups is 1. The Kier molecular flexibility index (Phi) is 9.63. The van der Waals surface area contributed by atoms with Crippen molar-refractivity contribution in [3.8, 4) is 0 Å². The van der Waals surface area contributed by atoms with E-state index in [2.05, 4.69) is 5.32 Å². The highest BCUT2D eigenvalue weighted by molar-refractivity contribution is 7.99. The highest BCUT2D eigenvalue weighted by atomic mass is 35.5. The van der Waals surface area contributed by atoms with Gasteiger partial charge in [-0.2, -0.15) is 0 Å². The number of carbonyl (C=O) groups excluding carboxylic acids is 2. The van der Waals surface area contributed by atoms with E-state index in [9.17, 15) is 9.59 Å². The van der Waals surface area contributed by atoms with Crippen molar-refractivity contribution >= 4 is 58.4 Å². The topological polar surface area (TPSA) is 49.4 Å². The maximum Gasteiger partial charge on any atom is 0.242 e. The maximum absolute atomic E-state index is 12.9. The van der Waals surface area contributed by atoms with E-state index in [4.69, 9.17) is 34.8 Å². The molecule has 1 atom stereocenters. The van der Waals surface area contributed by atoms with E-state index in [1.54, 1.807) is 36.1 Å². The number of likely N-dealkylation sites (N-methyl/N-ethyl adjacent to an activating group) is 1. The van der Waals surface area contributed by atoms with Gasteiger partial charge in [-0.05, 0) is 49.2 Å². The van der Waals surface area contributed by atoms with E-state index >= 15 is 0 Å². The number of nitrogens with one attached hydrogen (secondary N) is 1. The van der Waals surface area contributed by atoms with Gasteiger partial charge in [-0.3, -0.25) is 9.59 Å². The molecule has 1 N–H and O–H groups in total. The summed E-state index contributed by atoms with van der Waals surface area (Å²) in [4.78, 5) is 26.9. The second kappa shape index (κ2) is 11.7. The Morgan fingerprint density at radius 3 is 2.34 bits per heavy atom. The van der Waals surface area contributed by atoms with Crippen LogP contribution in [0.15, 0.2) is 42.5 Å². The maximum atomic E-state index is 12.9. The van der Waals surface area contributed by atoms with Gasteiger partial charge in [-0.15, -0.1) is 11.8 Å². The van der Waals surface area contributed by atoms with Crippen LogP contribution in [0.4, 0.5) is 0 Å². The van der Waals surface area contributed by atoms with Gasteiger partial charge in [0.1, 0.15) is 6.04 Å². The number of halogens is 3. The van der Waals surface area contributed by atoms with Gasteiger partial charge in [0.15, 0.2) is 0 Å². The fourth-order valence-electron chi connectivity index (χ4n) is 2.66. The van der Waals surface area contributed by atoms with Gasteiger partial charge in [0.05, 0.1) is 5.75 Å². The summed E-state index contributed by atoms with van der Waals surface area (Å²) < 4.78 is 0.